The molecule has 72 valence electrons. The summed E-state index contributed by atoms with van der Waals surface area (Å²) in [6.45, 7) is 10.6. The van der Waals surface area contributed by atoms with Crippen LogP contribution in [0.5, 0.6) is 0 Å². The molecule has 0 bridgehead atoms. The fourth-order valence-corrected chi connectivity index (χ4v) is 1.56. The maximum Gasteiger partial charge on any atom is 0.0483 e. The second kappa shape index (κ2) is 4.24. The number of nitrogens with zero attached hydrogens (tertiary/aromatic N) is 1. The maximum atomic E-state index is 8.82. The third kappa shape index (κ3) is 2.46. The summed E-state index contributed by atoms with van der Waals surface area (Å²) < 4.78 is 0. The Bertz CT molecular complexity index is 130. The lowest BCUT2D eigenvalue weighted by atomic mass is 9.93. The molecule has 0 amide bonds. The molecule has 0 spiro atoms. The molecule has 0 saturated carbocycles. The Hall–Kier alpha value is -0.0800. The van der Waals surface area contributed by atoms with Crippen LogP contribution in [0.1, 0.15) is 20.8 Å². The first-order valence-electron chi connectivity index (χ1n) is 4.96. The largest absolute Gasteiger partial charge is 0.396 e. The molecule has 1 rings (SSSR count). The maximum absolute atomic E-state index is 8.82. The van der Waals surface area contributed by atoms with Crippen molar-refractivity contribution in [2.24, 2.45) is 17.8 Å². The molecule has 0 aromatic rings. The number of hydrogen-bond acceptors (Lipinski definition) is 2. The van der Waals surface area contributed by atoms with Gasteiger partial charge in [0.1, 0.15) is 0 Å². The van der Waals surface area contributed by atoms with Gasteiger partial charge in [-0.05, 0) is 11.8 Å². The molecule has 1 unspecified atom stereocenters. The summed E-state index contributed by atoms with van der Waals surface area (Å²) in [5.74, 6) is 2.12. The van der Waals surface area contributed by atoms with Crippen LogP contribution in [0.15, 0.2) is 0 Å². The highest BCUT2D eigenvalue weighted by molar-refractivity contribution is 4.80. The number of aliphatic hydroxyl groups is 1. The van der Waals surface area contributed by atoms with Crippen LogP contribution in [-0.2, 0) is 0 Å². The Labute approximate surface area is 75.6 Å². The molecular formula is C10H21NO. The zero-order valence-corrected chi connectivity index (χ0v) is 8.45. The lowest BCUT2D eigenvalue weighted by Crippen LogP contribution is -2.50. The normalized spacial score (nSPS) is 22.8. The van der Waals surface area contributed by atoms with E-state index in [0.717, 1.165) is 24.9 Å². The van der Waals surface area contributed by atoms with Crippen LogP contribution < -0.4 is 0 Å². The highest BCUT2D eigenvalue weighted by Gasteiger charge is 2.27. The van der Waals surface area contributed by atoms with Gasteiger partial charge < -0.3 is 10.0 Å². The summed E-state index contributed by atoms with van der Waals surface area (Å²) in [5, 5.41) is 8.82. The fourth-order valence-electron chi connectivity index (χ4n) is 1.56. The number of rotatable bonds is 4. The van der Waals surface area contributed by atoms with Gasteiger partial charge in [0, 0.05) is 32.2 Å². The minimum absolute atomic E-state index is 0.368. The van der Waals surface area contributed by atoms with Crippen LogP contribution in [0, 0.1) is 17.8 Å². The van der Waals surface area contributed by atoms with Crippen molar-refractivity contribution in [2.75, 3.05) is 26.2 Å². The van der Waals surface area contributed by atoms with E-state index >= 15 is 0 Å². The molecule has 1 fully saturated rings. The second-order valence-corrected chi connectivity index (χ2v) is 4.49. The molecule has 1 aliphatic rings. The van der Waals surface area contributed by atoms with Crippen molar-refractivity contribution >= 4 is 0 Å². The summed E-state index contributed by atoms with van der Waals surface area (Å²) in [6.07, 6.45) is 0. The van der Waals surface area contributed by atoms with E-state index in [9.17, 15) is 0 Å². The van der Waals surface area contributed by atoms with Crippen molar-refractivity contribution in [3.63, 3.8) is 0 Å². The number of likely N-dealkylation sites (tertiary alicyclic amines) is 1. The third-order valence-corrected chi connectivity index (χ3v) is 2.98. The minimum atomic E-state index is 0.368. The monoisotopic (exact) mass is 171 g/mol. The van der Waals surface area contributed by atoms with Crippen LogP contribution in [0.25, 0.3) is 0 Å². The zero-order chi connectivity index (χ0) is 9.14. The predicted molar refractivity (Wildman–Crippen MR) is 51.0 cm³/mol. The molecule has 0 aliphatic carbocycles. The summed E-state index contributed by atoms with van der Waals surface area (Å²) in [4.78, 5) is 2.44. The Balaban J connectivity index is 2.10. The summed E-state index contributed by atoms with van der Waals surface area (Å²) in [5.41, 5.74) is 0. The summed E-state index contributed by atoms with van der Waals surface area (Å²) in [6, 6.07) is 0. The highest BCUT2D eigenvalue weighted by Crippen LogP contribution is 2.19. The molecule has 1 heterocycles. The van der Waals surface area contributed by atoms with Crippen LogP contribution in [0.3, 0.4) is 0 Å². The molecule has 12 heavy (non-hydrogen) atoms. The molecule has 0 aromatic heterocycles. The molecular weight excluding hydrogens is 150 g/mol. The van der Waals surface area contributed by atoms with Gasteiger partial charge in [-0.3, -0.25) is 0 Å². The molecule has 1 N–H and O–H groups in total. The van der Waals surface area contributed by atoms with E-state index in [4.69, 9.17) is 5.11 Å². The molecule has 1 atom stereocenters. The first-order valence-corrected chi connectivity index (χ1v) is 4.96. The van der Waals surface area contributed by atoms with Gasteiger partial charge in [0.15, 0.2) is 0 Å². The molecule has 1 aliphatic heterocycles. The Morgan fingerprint density at radius 2 is 1.92 bits per heavy atom. The first-order chi connectivity index (χ1) is 5.63. The first kappa shape index (κ1) is 10.0. The molecule has 0 radical (unpaired) electrons. The van der Waals surface area contributed by atoms with Crippen LogP contribution in [0.4, 0.5) is 0 Å². The van der Waals surface area contributed by atoms with Crippen molar-refractivity contribution in [1.82, 2.24) is 4.90 Å². The molecule has 0 aromatic carbocycles. The predicted octanol–water partition coefficient (Wildman–Crippen LogP) is 1.20. The third-order valence-electron chi connectivity index (χ3n) is 2.98. The van der Waals surface area contributed by atoms with E-state index in [-0.39, 0.29) is 0 Å². The van der Waals surface area contributed by atoms with Crippen molar-refractivity contribution in [2.45, 2.75) is 20.8 Å². The standard InChI is InChI=1S/C10H21NO/c1-8(2)9(3)4-11-5-10(6-11)7-12/h8-10,12H,4-7H2,1-3H3. The second-order valence-electron chi connectivity index (χ2n) is 4.49. The van der Waals surface area contributed by atoms with E-state index in [1.165, 1.54) is 6.54 Å². The van der Waals surface area contributed by atoms with E-state index in [2.05, 4.69) is 25.7 Å². The Kier molecular flexibility index (Phi) is 3.53. The van der Waals surface area contributed by atoms with Gasteiger partial charge in [-0.1, -0.05) is 20.8 Å². The van der Waals surface area contributed by atoms with Crippen molar-refractivity contribution in [3.8, 4) is 0 Å². The average Bonchev–Trinajstić information content (AvgIpc) is 1.94. The van der Waals surface area contributed by atoms with E-state index in [0.29, 0.717) is 12.5 Å². The van der Waals surface area contributed by atoms with Gasteiger partial charge in [0.05, 0.1) is 0 Å². The molecule has 1 saturated heterocycles. The SMILES string of the molecule is CC(C)C(C)CN1CC(CO)C1. The van der Waals surface area contributed by atoms with Gasteiger partial charge in [0.2, 0.25) is 0 Å². The number of aliphatic hydroxyl groups excluding tert-OH is 1. The highest BCUT2D eigenvalue weighted by atomic mass is 16.3. The summed E-state index contributed by atoms with van der Waals surface area (Å²) >= 11 is 0. The smallest absolute Gasteiger partial charge is 0.0483 e. The van der Waals surface area contributed by atoms with Gasteiger partial charge in [0.25, 0.3) is 0 Å². The van der Waals surface area contributed by atoms with Gasteiger partial charge in [-0.15, -0.1) is 0 Å². The van der Waals surface area contributed by atoms with Crippen molar-refractivity contribution in [3.05, 3.63) is 0 Å². The Morgan fingerprint density at radius 1 is 1.33 bits per heavy atom. The Morgan fingerprint density at radius 3 is 2.33 bits per heavy atom. The topological polar surface area (TPSA) is 23.5 Å². The molecule has 2 heteroatoms. The van der Waals surface area contributed by atoms with Crippen LogP contribution in [0.2, 0.25) is 0 Å². The average molecular weight is 171 g/mol. The van der Waals surface area contributed by atoms with Gasteiger partial charge in [-0.25, -0.2) is 0 Å². The lowest BCUT2D eigenvalue weighted by Gasteiger charge is -2.40. The fraction of sp³-hybridized carbons (Fsp3) is 1.00. The van der Waals surface area contributed by atoms with Crippen molar-refractivity contribution in [1.29, 1.82) is 0 Å². The van der Waals surface area contributed by atoms with E-state index < -0.39 is 0 Å². The van der Waals surface area contributed by atoms with E-state index in [1.54, 1.807) is 0 Å². The van der Waals surface area contributed by atoms with E-state index in [1.807, 2.05) is 0 Å². The quantitative estimate of drug-likeness (QED) is 0.687. The van der Waals surface area contributed by atoms with Gasteiger partial charge in [-0.2, -0.15) is 0 Å². The number of hydrogen-bond donors (Lipinski definition) is 1. The molecule has 2 nitrogen and oxygen atoms in total. The van der Waals surface area contributed by atoms with Crippen LogP contribution in [-0.4, -0.2) is 36.2 Å². The van der Waals surface area contributed by atoms with Gasteiger partial charge >= 0.3 is 0 Å². The van der Waals surface area contributed by atoms with Crippen LogP contribution >= 0.6 is 0 Å². The zero-order valence-electron chi connectivity index (χ0n) is 8.45. The summed E-state index contributed by atoms with van der Waals surface area (Å²) in [7, 11) is 0. The lowest BCUT2D eigenvalue weighted by molar-refractivity contribution is 0.0383. The van der Waals surface area contributed by atoms with Crippen molar-refractivity contribution < 1.29 is 5.11 Å². The minimum Gasteiger partial charge on any atom is -0.396 e.